The van der Waals surface area contributed by atoms with Gasteiger partial charge in [-0.3, -0.25) is 14.4 Å². The van der Waals surface area contributed by atoms with Crippen LogP contribution >= 0.6 is 0 Å². The molecule has 0 aliphatic heterocycles. The molecule has 1 atom stereocenters. The molecule has 0 saturated heterocycles. The lowest BCUT2D eigenvalue weighted by atomic mass is 10.1. The molecule has 0 bridgehead atoms. The fraction of sp³-hybridized carbons (Fsp3) is 0.750. The first-order valence-electron chi connectivity index (χ1n) is 8.52. The summed E-state index contributed by atoms with van der Waals surface area (Å²) in [7, 11) is 0. The molecule has 0 aromatic carbocycles. The van der Waals surface area contributed by atoms with Crippen molar-refractivity contribution in [3.63, 3.8) is 0 Å². The van der Waals surface area contributed by atoms with Gasteiger partial charge in [0.1, 0.15) is 11.6 Å². The summed E-state index contributed by atoms with van der Waals surface area (Å²) in [5, 5.41) is 33.3. The van der Waals surface area contributed by atoms with E-state index in [1.165, 1.54) is 0 Å². The van der Waals surface area contributed by atoms with Gasteiger partial charge in [0.05, 0.1) is 6.42 Å². The molecule has 0 spiro atoms. The van der Waals surface area contributed by atoms with Crippen molar-refractivity contribution < 1.29 is 39.2 Å². The van der Waals surface area contributed by atoms with Gasteiger partial charge < -0.3 is 36.0 Å². The second kappa shape index (κ2) is 12.1. The van der Waals surface area contributed by atoms with E-state index in [2.05, 4.69) is 16.0 Å². The molecule has 0 saturated carbocycles. The van der Waals surface area contributed by atoms with Crippen LogP contribution < -0.4 is 16.0 Å². The SMILES string of the molecule is CC(C)(C)OC(=O)NC(CCC(=O)NCCC(=O)O)C(=O)NCCC(O)O. The highest BCUT2D eigenvalue weighted by atomic mass is 16.6. The minimum Gasteiger partial charge on any atom is -0.481 e. The van der Waals surface area contributed by atoms with Crippen LogP contribution in [0.4, 0.5) is 4.79 Å². The molecule has 11 nitrogen and oxygen atoms in total. The van der Waals surface area contributed by atoms with Gasteiger partial charge in [-0.15, -0.1) is 0 Å². The highest BCUT2D eigenvalue weighted by molar-refractivity contribution is 5.86. The number of aliphatic carboxylic acids is 1. The monoisotopic (exact) mass is 391 g/mol. The van der Waals surface area contributed by atoms with Crippen molar-refractivity contribution in [3.8, 4) is 0 Å². The van der Waals surface area contributed by atoms with Crippen LogP contribution in [0.5, 0.6) is 0 Å². The smallest absolute Gasteiger partial charge is 0.408 e. The van der Waals surface area contributed by atoms with Crippen molar-refractivity contribution in [2.75, 3.05) is 13.1 Å². The predicted octanol–water partition coefficient (Wildman–Crippen LogP) is -0.932. The number of aliphatic hydroxyl groups is 2. The first-order chi connectivity index (χ1) is 12.4. The van der Waals surface area contributed by atoms with Crippen molar-refractivity contribution in [1.82, 2.24) is 16.0 Å². The summed E-state index contributed by atoms with van der Waals surface area (Å²) in [4.78, 5) is 46.2. The molecule has 0 aromatic rings. The number of carboxylic acids is 1. The van der Waals surface area contributed by atoms with Crippen LogP contribution in [0.25, 0.3) is 0 Å². The molecule has 0 aromatic heterocycles. The Morgan fingerprint density at radius 1 is 0.963 bits per heavy atom. The van der Waals surface area contributed by atoms with E-state index in [1.807, 2.05) is 0 Å². The lowest BCUT2D eigenvalue weighted by Crippen LogP contribution is -2.49. The largest absolute Gasteiger partial charge is 0.481 e. The van der Waals surface area contributed by atoms with Crippen molar-refractivity contribution in [2.45, 2.75) is 64.4 Å². The molecule has 0 heterocycles. The molecule has 6 N–H and O–H groups in total. The molecule has 0 radical (unpaired) electrons. The zero-order valence-electron chi connectivity index (χ0n) is 15.8. The number of nitrogens with one attached hydrogen (secondary N) is 3. The normalized spacial score (nSPS) is 12.2. The molecule has 11 heteroatoms. The van der Waals surface area contributed by atoms with Crippen LogP contribution in [0.15, 0.2) is 0 Å². The third-order valence-electron chi connectivity index (χ3n) is 3.03. The van der Waals surface area contributed by atoms with Gasteiger partial charge in [0.25, 0.3) is 0 Å². The Morgan fingerprint density at radius 2 is 1.59 bits per heavy atom. The number of aliphatic hydroxyl groups excluding tert-OH is 1. The van der Waals surface area contributed by atoms with E-state index in [9.17, 15) is 19.2 Å². The van der Waals surface area contributed by atoms with E-state index >= 15 is 0 Å². The summed E-state index contributed by atoms with van der Waals surface area (Å²) >= 11 is 0. The first kappa shape index (κ1) is 24.6. The lowest BCUT2D eigenvalue weighted by Gasteiger charge is -2.23. The lowest BCUT2D eigenvalue weighted by molar-refractivity contribution is -0.137. The summed E-state index contributed by atoms with van der Waals surface area (Å²) in [6.45, 7) is 4.88. The molecule has 3 amide bonds. The molecule has 1 unspecified atom stereocenters. The first-order valence-corrected chi connectivity index (χ1v) is 8.52. The standard InChI is InChI=1S/C16H29N3O8/c1-16(2,3)27-15(26)19-10(14(25)18-9-7-13(23)24)4-5-11(20)17-8-6-12(21)22/h10,13,23-24H,4-9H2,1-3H3,(H,17,20)(H,18,25)(H,19,26)(H,21,22). The minimum absolute atomic E-state index is 0.0339. The highest BCUT2D eigenvalue weighted by Crippen LogP contribution is 2.08. The fourth-order valence-electron chi connectivity index (χ4n) is 1.84. The van der Waals surface area contributed by atoms with E-state index < -0.39 is 41.8 Å². The Labute approximate surface area is 157 Å². The number of hydrogen-bond acceptors (Lipinski definition) is 7. The number of alkyl carbamates (subject to hydrolysis) is 1. The van der Waals surface area contributed by atoms with Gasteiger partial charge in [-0.25, -0.2) is 4.79 Å². The van der Waals surface area contributed by atoms with Crippen molar-refractivity contribution >= 4 is 23.9 Å². The van der Waals surface area contributed by atoms with Gasteiger partial charge in [-0.05, 0) is 27.2 Å². The molecular weight excluding hydrogens is 362 g/mol. The molecule has 0 aliphatic carbocycles. The van der Waals surface area contributed by atoms with Gasteiger partial charge in [0, 0.05) is 25.9 Å². The Bertz CT molecular complexity index is 516. The maximum Gasteiger partial charge on any atom is 0.408 e. The molecular formula is C16H29N3O8. The predicted molar refractivity (Wildman–Crippen MR) is 93.5 cm³/mol. The highest BCUT2D eigenvalue weighted by Gasteiger charge is 2.25. The van der Waals surface area contributed by atoms with E-state index in [-0.39, 0.29) is 38.8 Å². The number of carboxylic acid groups (broad SMARTS) is 1. The van der Waals surface area contributed by atoms with E-state index in [4.69, 9.17) is 20.1 Å². The van der Waals surface area contributed by atoms with E-state index in [1.54, 1.807) is 20.8 Å². The molecule has 156 valence electrons. The fourth-order valence-corrected chi connectivity index (χ4v) is 1.84. The van der Waals surface area contributed by atoms with Gasteiger partial charge in [0.2, 0.25) is 11.8 Å². The van der Waals surface area contributed by atoms with E-state index in [0.29, 0.717) is 0 Å². The topological polar surface area (TPSA) is 174 Å². The molecule has 0 aliphatic rings. The van der Waals surface area contributed by atoms with E-state index in [0.717, 1.165) is 0 Å². The average Bonchev–Trinajstić information content (AvgIpc) is 2.48. The second-order valence-electron chi connectivity index (χ2n) is 6.79. The zero-order valence-corrected chi connectivity index (χ0v) is 15.8. The maximum absolute atomic E-state index is 12.2. The van der Waals surface area contributed by atoms with Crippen molar-refractivity contribution in [1.29, 1.82) is 0 Å². The van der Waals surface area contributed by atoms with Crippen LogP contribution in [-0.4, -0.2) is 70.2 Å². The van der Waals surface area contributed by atoms with Crippen LogP contribution in [0, 0.1) is 0 Å². The summed E-state index contributed by atoms with van der Waals surface area (Å²) in [5.41, 5.74) is -0.777. The van der Waals surface area contributed by atoms with Crippen molar-refractivity contribution in [2.24, 2.45) is 0 Å². The van der Waals surface area contributed by atoms with Gasteiger partial charge in [-0.1, -0.05) is 0 Å². The summed E-state index contributed by atoms with van der Waals surface area (Å²) in [6, 6.07) is -1.08. The number of amides is 3. The molecule has 0 rings (SSSR count). The number of hydrogen-bond donors (Lipinski definition) is 6. The van der Waals surface area contributed by atoms with Crippen molar-refractivity contribution in [3.05, 3.63) is 0 Å². The van der Waals surface area contributed by atoms with Crippen LogP contribution in [0.2, 0.25) is 0 Å². The third kappa shape index (κ3) is 14.5. The van der Waals surface area contributed by atoms with Crippen LogP contribution in [0.3, 0.4) is 0 Å². The van der Waals surface area contributed by atoms with Gasteiger partial charge >= 0.3 is 12.1 Å². The average molecular weight is 391 g/mol. The van der Waals surface area contributed by atoms with Crippen LogP contribution in [-0.2, 0) is 19.1 Å². The molecule has 0 fully saturated rings. The van der Waals surface area contributed by atoms with Gasteiger partial charge in [0.15, 0.2) is 6.29 Å². The molecule has 27 heavy (non-hydrogen) atoms. The Hall–Kier alpha value is -2.40. The third-order valence-corrected chi connectivity index (χ3v) is 3.03. The second-order valence-corrected chi connectivity index (χ2v) is 6.79. The Balaban J connectivity index is 4.66. The zero-order chi connectivity index (χ0) is 21.0. The number of carbonyl (C=O) groups is 4. The number of carbonyl (C=O) groups excluding carboxylic acids is 3. The minimum atomic E-state index is -1.58. The summed E-state index contributed by atoms with van der Waals surface area (Å²) in [5.74, 6) is -2.13. The van der Waals surface area contributed by atoms with Crippen LogP contribution in [0.1, 0.15) is 46.5 Å². The Kier molecular flexibility index (Phi) is 11.0. The van der Waals surface area contributed by atoms with Gasteiger partial charge in [-0.2, -0.15) is 0 Å². The quantitative estimate of drug-likeness (QED) is 0.245. The summed E-state index contributed by atoms with van der Waals surface area (Å²) in [6.07, 6.45) is -2.92. The number of ether oxygens (including phenoxy) is 1. The number of rotatable bonds is 11. The summed E-state index contributed by atoms with van der Waals surface area (Å²) < 4.78 is 5.08. The Morgan fingerprint density at radius 3 is 2.11 bits per heavy atom. The maximum atomic E-state index is 12.2.